The summed E-state index contributed by atoms with van der Waals surface area (Å²) >= 11 is 5.92. The van der Waals surface area contributed by atoms with Gasteiger partial charge in [0.05, 0.1) is 17.4 Å². The fourth-order valence-electron chi connectivity index (χ4n) is 3.39. The maximum absolute atomic E-state index is 14.5. The van der Waals surface area contributed by atoms with E-state index in [2.05, 4.69) is 10.3 Å². The molecule has 4 aromatic rings. The summed E-state index contributed by atoms with van der Waals surface area (Å²) in [4.78, 5) is 0. The van der Waals surface area contributed by atoms with Crippen LogP contribution in [0.4, 0.5) is 23.2 Å². The van der Waals surface area contributed by atoms with Crippen molar-refractivity contribution < 1.29 is 22.1 Å². The highest BCUT2D eigenvalue weighted by molar-refractivity contribution is 6.30. The van der Waals surface area contributed by atoms with Crippen LogP contribution in [0.5, 0.6) is 0 Å². The molecule has 0 radical (unpaired) electrons. The third kappa shape index (κ3) is 3.65. The first-order chi connectivity index (χ1) is 14.7. The molecule has 2 heterocycles. The van der Waals surface area contributed by atoms with E-state index in [-0.39, 0.29) is 33.4 Å². The van der Waals surface area contributed by atoms with Gasteiger partial charge in [-0.05, 0) is 36.2 Å². The normalized spacial score (nSPS) is 11.8. The molecule has 160 valence electrons. The average Bonchev–Trinajstić information content (AvgIpc) is 3.31. The number of hydrogen-bond donors (Lipinski definition) is 1. The van der Waals surface area contributed by atoms with E-state index in [0.717, 1.165) is 6.20 Å². The lowest BCUT2D eigenvalue weighted by Gasteiger charge is -2.12. The van der Waals surface area contributed by atoms with Gasteiger partial charge in [-0.3, -0.25) is 0 Å². The number of aromatic nitrogens is 3. The summed E-state index contributed by atoms with van der Waals surface area (Å²) in [7, 11) is 0. The van der Waals surface area contributed by atoms with Crippen molar-refractivity contribution in [2.75, 3.05) is 5.73 Å². The van der Waals surface area contributed by atoms with Gasteiger partial charge in [-0.15, -0.1) is 0 Å². The molecule has 2 N–H and O–H groups in total. The van der Waals surface area contributed by atoms with Gasteiger partial charge in [0.1, 0.15) is 17.2 Å². The molecule has 5 nitrogen and oxygen atoms in total. The molecule has 4 rings (SSSR count). The molecule has 2 aromatic heterocycles. The largest absolute Gasteiger partial charge is 0.434 e. The molecule has 10 heteroatoms. The second-order valence-corrected chi connectivity index (χ2v) is 7.13. The Morgan fingerprint density at radius 2 is 1.90 bits per heavy atom. The number of hydrogen-bond acceptors (Lipinski definition) is 4. The van der Waals surface area contributed by atoms with Gasteiger partial charge in [0, 0.05) is 10.6 Å². The van der Waals surface area contributed by atoms with E-state index in [1.165, 1.54) is 36.4 Å². The van der Waals surface area contributed by atoms with Crippen LogP contribution in [0.3, 0.4) is 0 Å². The number of aryl methyl sites for hydroxylation is 1. The smallest absolute Gasteiger partial charge is 0.394 e. The van der Waals surface area contributed by atoms with Crippen molar-refractivity contribution in [2.24, 2.45) is 0 Å². The van der Waals surface area contributed by atoms with Crippen LogP contribution in [0.25, 0.3) is 28.3 Å². The van der Waals surface area contributed by atoms with Gasteiger partial charge >= 0.3 is 6.18 Å². The zero-order valence-corrected chi connectivity index (χ0v) is 16.8. The minimum Gasteiger partial charge on any atom is -0.394 e. The Kier molecular flexibility index (Phi) is 5.22. The predicted octanol–water partition coefficient (Wildman–Crippen LogP) is 6.15. The fourth-order valence-corrected chi connectivity index (χ4v) is 3.58. The molecule has 0 amide bonds. The van der Waals surface area contributed by atoms with Crippen LogP contribution < -0.4 is 5.73 Å². The number of halogens is 5. The van der Waals surface area contributed by atoms with E-state index in [0.29, 0.717) is 16.7 Å². The molecule has 0 unspecified atom stereocenters. The molecule has 0 fully saturated rings. The van der Waals surface area contributed by atoms with Crippen LogP contribution in [-0.2, 0) is 12.6 Å². The molecular weight excluding hydrogens is 436 g/mol. The van der Waals surface area contributed by atoms with Crippen molar-refractivity contribution in [1.82, 2.24) is 14.9 Å². The predicted molar refractivity (Wildman–Crippen MR) is 108 cm³/mol. The van der Waals surface area contributed by atoms with Crippen molar-refractivity contribution in [3.63, 3.8) is 0 Å². The lowest BCUT2D eigenvalue weighted by atomic mass is 10.00. The van der Waals surface area contributed by atoms with Crippen molar-refractivity contribution in [1.29, 1.82) is 0 Å². The van der Waals surface area contributed by atoms with Gasteiger partial charge in [0.25, 0.3) is 0 Å². The fraction of sp³-hybridized carbons (Fsp3) is 0.143. The molecule has 0 aliphatic rings. The minimum absolute atomic E-state index is 0.0615. The molecular formula is C21H15ClF4N4O. The second kappa shape index (κ2) is 7.73. The summed E-state index contributed by atoms with van der Waals surface area (Å²) in [6.45, 7) is 1.81. The van der Waals surface area contributed by atoms with Crippen LogP contribution in [0.15, 0.2) is 53.2 Å². The third-order valence-electron chi connectivity index (χ3n) is 4.78. The Balaban J connectivity index is 1.92. The van der Waals surface area contributed by atoms with Gasteiger partial charge in [-0.1, -0.05) is 41.9 Å². The van der Waals surface area contributed by atoms with Crippen LogP contribution in [0.2, 0.25) is 5.02 Å². The van der Waals surface area contributed by atoms with Gasteiger partial charge < -0.3 is 10.3 Å². The van der Waals surface area contributed by atoms with Crippen LogP contribution >= 0.6 is 11.6 Å². The molecule has 2 aromatic carbocycles. The molecule has 0 saturated heterocycles. The molecule has 31 heavy (non-hydrogen) atoms. The lowest BCUT2D eigenvalue weighted by molar-refractivity contribution is -0.142. The van der Waals surface area contributed by atoms with Crippen LogP contribution in [0.1, 0.15) is 18.2 Å². The Hall–Kier alpha value is -3.33. The van der Waals surface area contributed by atoms with E-state index in [1.807, 2.05) is 6.92 Å². The number of alkyl halides is 3. The summed E-state index contributed by atoms with van der Waals surface area (Å²) in [5, 5.41) is 7.90. The summed E-state index contributed by atoms with van der Waals surface area (Å²) in [6, 6.07) is 10.3. The first-order valence-electron chi connectivity index (χ1n) is 9.16. The number of rotatable bonds is 4. The zero-order chi connectivity index (χ0) is 22.3. The summed E-state index contributed by atoms with van der Waals surface area (Å²) in [6.07, 6.45) is -3.36. The molecule has 0 aliphatic heterocycles. The topological polar surface area (TPSA) is 69.9 Å². The van der Waals surface area contributed by atoms with Crippen LogP contribution in [-0.4, -0.2) is 14.9 Å². The number of nitrogen functional groups attached to an aromatic ring is 1. The van der Waals surface area contributed by atoms with Crippen LogP contribution in [0, 0.1) is 5.82 Å². The lowest BCUT2D eigenvalue weighted by Crippen LogP contribution is -2.14. The van der Waals surface area contributed by atoms with Gasteiger partial charge in [-0.25, -0.2) is 9.07 Å². The standard InChI is InChI=1S/C21H15ClF4N4O/c1-2-11-5-3-8-15(23)16(11)18-17(27)19(31-29-18)14-10-28-30(20(14)21(24,25)26)13-7-4-6-12(22)9-13/h3-10H,2,27H2,1H3. The van der Waals surface area contributed by atoms with Gasteiger partial charge in [-0.2, -0.15) is 18.3 Å². The first-order valence-corrected chi connectivity index (χ1v) is 9.54. The molecule has 0 atom stereocenters. The maximum atomic E-state index is 14.5. The Morgan fingerprint density at radius 1 is 1.16 bits per heavy atom. The summed E-state index contributed by atoms with van der Waals surface area (Å²) in [5.41, 5.74) is 5.08. The number of benzene rings is 2. The average molecular weight is 451 g/mol. The molecule has 0 spiro atoms. The Morgan fingerprint density at radius 3 is 2.58 bits per heavy atom. The Labute approximate surface area is 179 Å². The molecule has 0 bridgehead atoms. The SMILES string of the molecule is CCc1cccc(F)c1-c1noc(-c2cnn(-c3cccc(Cl)c3)c2C(F)(F)F)c1N. The summed E-state index contributed by atoms with van der Waals surface area (Å²) in [5.74, 6) is -0.947. The summed E-state index contributed by atoms with van der Waals surface area (Å²) < 4.78 is 62.4. The maximum Gasteiger partial charge on any atom is 0.434 e. The highest BCUT2D eigenvalue weighted by atomic mass is 35.5. The zero-order valence-electron chi connectivity index (χ0n) is 16.0. The Bertz CT molecular complexity index is 1260. The second-order valence-electron chi connectivity index (χ2n) is 6.70. The number of nitrogens with zero attached hydrogens (tertiary/aromatic N) is 3. The third-order valence-corrected chi connectivity index (χ3v) is 5.02. The van der Waals surface area contributed by atoms with Crippen molar-refractivity contribution in [3.8, 4) is 28.3 Å². The van der Waals surface area contributed by atoms with Crippen molar-refractivity contribution in [2.45, 2.75) is 19.5 Å². The van der Waals surface area contributed by atoms with E-state index < -0.39 is 23.3 Å². The van der Waals surface area contributed by atoms with E-state index >= 15 is 0 Å². The molecule has 0 saturated carbocycles. The number of nitrogens with two attached hydrogens (primary N) is 1. The number of anilines is 1. The van der Waals surface area contributed by atoms with Gasteiger partial charge in [0.15, 0.2) is 11.5 Å². The van der Waals surface area contributed by atoms with E-state index in [1.54, 1.807) is 6.07 Å². The highest BCUT2D eigenvalue weighted by Crippen LogP contribution is 2.43. The molecule has 0 aliphatic carbocycles. The minimum atomic E-state index is -4.81. The quantitative estimate of drug-likeness (QED) is 0.378. The van der Waals surface area contributed by atoms with Gasteiger partial charge in [0.2, 0.25) is 0 Å². The van der Waals surface area contributed by atoms with Crippen molar-refractivity contribution >= 4 is 17.3 Å². The van der Waals surface area contributed by atoms with E-state index in [4.69, 9.17) is 21.9 Å². The monoisotopic (exact) mass is 450 g/mol. The highest BCUT2D eigenvalue weighted by Gasteiger charge is 2.41. The van der Waals surface area contributed by atoms with Crippen molar-refractivity contribution in [3.05, 3.63) is 70.8 Å². The van der Waals surface area contributed by atoms with E-state index in [9.17, 15) is 17.6 Å². The first kappa shape index (κ1) is 20.9.